The zero-order valence-electron chi connectivity index (χ0n) is 14.7. The monoisotopic (exact) mass is 449 g/mol. The second kappa shape index (κ2) is 6.52. The van der Waals surface area contributed by atoms with E-state index in [1.807, 2.05) is 0 Å². The molecule has 1 atom stereocenters. The topological polar surface area (TPSA) is 96.5 Å². The van der Waals surface area contributed by atoms with Gasteiger partial charge in [0.25, 0.3) is 5.91 Å². The van der Waals surface area contributed by atoms with E-state index in [1.165, 1.54) is 29.4 Å². The fourth-order valence-electron chi connectivity index (χ4n) is 3.54. The first-order valence-electron chi connectivity index (χ1n) is 8.70. The third kappa shape index (κ3) is 2.72. The molecule has 29 heavy (non-hydrogen) atoms. The number of hydrogen-bond acceptors (Lipinski definition) is 6. The van der Waals surface area contributed by atoms with Gasteiger partial charge < -0.3 is 9.52 Å². The maximum Gasteiger partial charge on any atom is 0.297 e. The summed E-state index contributed by atoms with van der Waals surface area (Å²) in [5.74, 6) is -0.288. The largest absolute Gasteiger partial charge is 0.508 e. The maximum atomic E-state index is 13.4. The van der Waals surface area contributed by atoms with Gasteiger partial charge in [-0.1, -0.05) is 28.1 Å². The van der Waals surface area contributed by atoms with Crippen LogP contribution in [0.15, 0.2) is 74.6 Å². The van der Waals surface area contributed by atoms with Crippen LogP contribution in [0.3, 0.4) is 0 Å². The molecule has 4 aromatic rings. The molecule has 0 fully saturated rings. The van der Waals surface area contributed by atoms with Gasteiger partial charge in [-0.2, -0.15) is 0 Å². The van der Waals surface area contributed by atoms with E-state index in [2.05, 4.69) is 25.9 Å². The Morgan fingerprint density at radius 2 is 1.76 bits per heavy atom. The Bertz CT molecular complexity index is 1320. The number of fused-ring (bicyclic) bond motifs is 2. The Kier molecular flexibility index (Phi) is 3.95. The minimum Gasteiger partial charge on any atom is -0.508 e. The zero-order valence-corrected chi connectivity index (χ0v) is 16.3. The number of hydrogen-bond donors (Lipinski definition) is 1. The van der Waals surface area contributed by atoms with E-state index in [-0.39, 0.29) is 28.5 Å². The molecule has 7 nitrogen and oxygen atoms in total. The first-order chi connectivity index (χ1) is 14.0. The van der Waals surface area contributed by atoms with Crippen molar-refractivity contribution in [2.24, 2.45) is 0 Å². The van der Waals surface area contributed by atoms with Crippen molar-refractivity contribution in [3.05, 3.63) is 92.5 Å². The lowest BCUT2D eigenvalue weighted by atomic mass is 9.98. The van der Waals surface area contributed by atoms with Crippen molar-refractivity contribution >= 4 is 38.8 Å². The molecule has 0 aliphatic carbocycles. The number of amides is 1. The molecular weight excluding hydrogens is 438 g/mol. The van der Waals surface area contributed by atoms with Crippen molar-refractivity contribution in [2.75, 3.05) is 4.90 Å². The molecule has 1 amide bonds. The van der Waals surface area contributed by atoms with Gasteiger partial charge in [0.1, 0.15) is 11.3 Å². The molecular formula is C21H12BrN3O4. The lowest BCUT2D eigenvalue weighted by Gasteiger charge is -2.22. The van der Waals surface area contributed by atoms with Gasteiger partial charge in [0.2, 0.25) is 11.7 Å². The number of halogens is 1. The van der Waals surface area contributed by atoms with Crippen molar-refractivity contribution in [1.29, 1.82) is 0 Å². The smallest absolute Gasteiger partial charge is 0.297 e. The van der Waals surface area contributed by atoms with Gasteiger partial charge in [0, 0.05) is 16.9 Å². The summed E-state index contributed by atoms with van der Waals surface area (Å²) in [5.41, 5.74) is 0.876. The van der Waals surface area contributed by atoms with Gasteiger partial charge in [0.05, 0.1) is 17.0 Å². The number of anilines is 1. The summed E-state index contributed by atoms with van der Waals surface area (Å²) in [6.07, 6.45) is 3.05. The lowest BCUT2D eigenvalue weighted by molar-refractivity contribution is 0.0969. The van der Waals surface area contributed by atoms with E-state index in [4.69, 9.17) is 4.42 Å². The second-order valence-electron chi connectivity index (χ2n) is 6.53. The minimum absolute atomic E-state index is 0.0321. The molecule has 8 heteroatoms. The molecule has 142 valence electrons. The van der Waals surface area contributed by atoms with Crippen LogP contribution in [0.2, 0.25) is 0 Å². The molecule has 5 rings (SSSR count). The molecule has 1 aliphatic heterocycles. The van der Waals surface area contributed by atoms with Gasteiger partial charge in [-0.15, -0.1) is 0 Å². The zero-order chi connectivity index (χ0) is 20.1. The van der Waals surface area contributed by atoms with Gasteiger partial charge in [-0.05, 0) is 42.0 Å². The SMILES string of the molecule is O=C1c2oc3ccc(Br)cc3c(=O)c2C(c2ccc(O)cc2)N1c1ncccn1. The number of aromatic nitrogens is 2. The highest BCUT2D eigenvalue weighted by Crippen LogP contribution is 2.40. The highest BCUT2D eigenvalue weighted by Gasteiger charge is 2.44. The fraction of sp³-hybridized carbons (Fsp3) is 0.0476. The molecule has 1 unspecified atom stereocenters. The standard InChI is InChI=1S/C21H12BrN3O4/c22-12-4-7-15-14(10-12)18(27)16-17(11-2-5-13(26)6-3-11)25(20(28)19(16)29-15)21-23-8-1-9-24-21/h1-10,17,26H. The van der Waals surface area contributed by atoms with Crippen LogP contribution in [0, 0.1) is 0 Å². The predicted octanol–water partition coefficient (Wildman–Crippen LogP) is 3.80. The molecule has 0 spiro atoms. The summed E-state index contributed by atoms with van der Waals surface area (Å²) in [6.45, 7) is 0. The Morgan fingerprint density at radius 1 is 1.03 bits per heavy atom. The number of carbonyl (C=O) groups is 1. The van der Waals surface area contributed by atoms with Crippen LogP contribution in [0.1, 0.15) is 27.7 Å². The van der Waals surface area contributed by atoms with Crippen molar-refractivity contribution < 1.29 is 14.3 Å². The van der Waals surface area contributed by atoms with Crippen molar-refractivity contribution in [3.8, 4) is 5.75 Å². The van der Waals surface area contributed by atoms with Crippen molar-refractivity contribution in [3.63, 3.8) is 0 Å². The molecule has 1 aliphatic rings. The summed E-state index contributed by atoms with van der Waals surface area (Å²) in [5, 5.41) is 10.0. The molecule has 3 heterocycles. The number of nitrogens with zero attached hydrogens (tertiary/aromatic N) is 3. The van der Waals surface area contributed by atoms with Crippen LogP contribution in [-0.4, -0.2) is 21.0 Å². The molecule has 0 saturated heterocycles. The normalized spacial score (nSPS) is 15.7. The summed E-state index contributed by atoms with van der Waals surface area (Å²) < 4.78 is 6.59. The summed E-state index contributed by atoms with van der Waals surface area (Å²) >= 11 is 3.37. The average molecular weight is 450 g/mol. The second-order valence-corrected chi connectivity index (χ2v) is 7.45. The Morgan fingerprint density at radius 3 is 2.48 bits per heavy atom. The van der Waals surface area contributed by atoms with E-state index in [0.717, 1.165) is 4.47 Å². The van der Waals surface area contributed by atoms with Gasteiger partial charge in [-0.3, -0.25) is 14.5 Å². The number of phenols is 1. The van der Waals surface area contributed by atoms with Crippen LogP contribution >= 0.6 is 15.9 Å². The van der Waals surface area contributed by atoms with Crippen LogP contribution in [-0.2, 0) is 0 Å². The Hall–Kier alpha value is -3.52. The first kappa shape index (κ1) is 17.6. The van der Waals surface area contributed by atoms with Crippen LogP contribution in [0.4, 0.5) is 5.95 Å². The van der Waals surface area contributed by atoms with Gasteiger partial charge >= 0.3 is 0 Å². The Balaban J connectivity index is 1.83. The van der Waals surface area contributed by atoms with Crippen LogP contribution in [0.25, 0.3) is 11.0 Å². The predicted molar refractivity (Wildman–Crippen MR) is 109 cm³/mol. The highest BCUT2D eigenvalue weighted by molar-refractivity contribution is 9.10. The van der Waals surface area contributed by atoms with E-state index in [9.17, 15) is 14.7 Å². The minimum atomic E-state index is -0.778. The van der Waals surface area contributed by atoms with E-state index in [0.29, 0.717) is 16.5 Å². The fourth-order valence-corrected chi connectivity index (χ4v) is 3.90. The molecule has 2 aromatic heterocycles. The van der Waals surface area contributed by atoms with Crippen molar-refractivity contribution in [1.82, 2.24) is 9.97 Å². The molecule has 2 aromatic carbocycles. The first-order valence-corrected chi connectivity index (χ1v) is 9.49. The van der Waals surface area contributed by atoms with Crippen LogP contribution in [0.5, 0.6) is 5.75 Å². The number of rotatable bonds is 2. The van der Waals surface area contributed by atoms with E-state index >= 15 is 0 Å². The molecule has 0 radical (unpaired) electrons. The average Bonchev–Trinajstić information content (AvgIpc) is 3.03. The summed E-state index contributed by atoms with van der Waals surface area (Å²) in [7, 11) is 0. The van der Waals surface area contributed by atoms with Gasteiger partial charge in [-0.25, -0.2) is 9.97 Å². The number of benzene rings is 2. The third-order valence-corrected chi connectivity index (χ3v) is 5.30. The van der Waals surface area contributed by atoms with E-state index < -0.39 is 11.9 Å². The number of carbonyl (C=O) groups excluding carboxylic acids is 1. The molecule has 0 saturated carbocycles. The maximum absolute atomic E-state index is 13.4. The third-order valence-electron chi connectivity index (χ3n) is 4.81. The highest BCUT2D eigenvalue weighted by atomic mass is 79.9. The van der Waals surface area contributed by atoms with E-state index in [1.54, 1.807) is 36.4 Å². The lowest BCUT2D eigenvalue weighted by Crippen LogP contribution is -2.31. The van der Waals surface area contributed by atoms with Crippen molar-refractivity contribution in [2.45, 2.75) is 6.04 Å². The molecule has 0 bridgehead atoms. The Labute approximate surface area is 172 Å². The summed E-state index contributed by atoms with van der Waals surface area (Å²) in [4.78, 5) is 36.4. The number of phenolic OH excluding ortho intramolecular Hbond substituents is 1. The molecule has 1 N–H and O–H groups in total. The van der Waals surface area contributed by atoms with Crippen LogP contribution < -0.4 is 10.3 Å². The number of aromatic hydroxyl groups is 1. The quantitative estimate of drug-likeness (QED) is 0.499. The van der Waals surface area contributed by atoms with Gasteiger partial charge in [0.15, 0.2) is 5.43 Å². The summed E-state index contributed by atoms with van der Waals surface area (Å²) in [6, 6.07) is 12.2.